The molecule has 0 saturated carbocycles. The van der Waals surface area contributed by atoms with E-state index in [0.717, 1.165) is 18.7 Å². The van der Waals surface area contributed by atoms with Crippen molar-refractivity contribution in [3.63, 3.8) is 0 Å². The van der Waals surface area contributed by atoms with Crippen molar-refractivity contribution in [2.24, 2.45) is 0 Å². The van der Waals surface area contributed by atoms with Crippen LogP contribution in [-0.2, 0) is 0 Å². The molecule has 0 aliphatic rings. The number of hydrogen-bond acceptors (Lipinski definition) is 0. The minimum atomic E-state index is 0.753. The van der Waals surface area contributed by atoms with Gasteiger partial charge in [0.05, 0.1) is 0 Å². The van der Waals surface area contributed by atoms with Gasteiger partial charge in [0.25, 0.3) is 0 Å². The van der Waals surface area contributed by atoms with Gasteiger partial charge in [-0.05, 0) is 19.8 Å². The highest BCUT2D eigenvalue weighted by Gasteiger charge is 1.75. The molecule has 0 aromatic heterocycles. The third-order valence-electron chi connectivity index (χ3n) is 1.17. The topological polar surface area (TPSA) is 0 Å². The molecule has 0 aliphatic carbocycles. The van der Waals surface area contributed by atoms with Gasteiger partial charge in [-0.15, -0.1) is 11.6 Å². The summed E-state index contributed by atoms with van der Waals surface area (Å²) in [5.41, 5.74) is 0. The Morgan fingerprint density at radius 2 is 1.82 bits per heavy atom. The molecule has 0 fully saturated rings. The Morgan fingerprint density at radius 3 is 2.45 bits per heavy atom. The predicted octanol–water partition coefficient (Wildman–Crippen LogP) is 3.69. The number of unbranched alkanes of at least 4 members (excludes halogenated alkanes) is 1. The van der Waals surface area contributed by atoms with Crippen LogP contribution < -0.4 is 0 Å². The Morgan fingerprint density at radius 1 is 1.09 bits per heavy atom. The molecule has 11 heavy (non-hydrogen) atoms. The van der Waals surface area contributed by atoms with Crippen LogP contribution in [0, 0.1) is 0 Å². The van der Waals surface area contributed by atoms with Crippen LogP contribution in [0.2, 0.25) is 0 Å². The van der Waals surface area contributed by atoms with Gasteiger partial charge in [-0.2, -0.15) is 0 Å². The lowest BCUT2D eigenvalue weighted by molar-refractivity contribution is 0.966. The molecule has 62 valence electrons. The van der Waals surface area contributed by atoms with Crippen molar-refractivity contribution < 1.29 is 0 Å². The average Bonchev–Trinajstić information content (AvgIpc) is 2.03. The van der Waals surface area contributed by atoms with Gasteiger partial charge >= 0.3 is 0 Å². The summed E-state index contributed by atoms with van der Waals surface area (Å²) in [6.45, 7) is 2.00. The third kappa shape index (κ3) is 9.51. The molecule has 0 saturated heterocycles. The molecule has 0 amide bonds. The van der Waals surface area contributed by atoms with Crippen molar-refractivity contribution in [1.82, 2.24) is 0 Å². The van der Waals surface area contributed by atoms with Crippen LogP contribution in [0.3, 0.4) is 0 Å². The number of hydrogen-bond donors (Lipinski definition) is 0. The highest BCUT2D eigenvalue weighted by atomic mass is 35.5. The van der Waals surface area contributed by atoms with Crippen LogP contribution in [0.15, 0.2) is 36.5 Å². The molecule has 0 aromatic carbocycles. The Labute approximate surface area is 74.3 Å². The number of rotatable bonds is 5. The minimum Gasteiger partial charge on any atom is -0.127 e. The fourth-order valence-corrected chi connectivity index (χ4v) is 0.764. The molecule has 0 spiro atoms. The van der Waals surface area contributed by atoms with E-state index in [4.69, 9.17) is 11.6 Å². The molecule has 0 nitrogen and oxygen atoms in total. The molecule has 1 heteroatoms. The summed E-state index contributed by atoms with van der Waals surface area (Å²) in [7, 11) is 0. The lowest BCUT2D eigenvalue weighted by Crippen LogP contribution is -1.69. The SMILES string of the molecule is C/C=C/C=C/C=C/CCCCl. The molecule has 0 rings (SSSR count). The van der Waals surface area contributed by atoms with Gasteiger partial charge in [-0.25, -0.2) is 0 Å². The standard InChI is InChI=1S/C10H15Cl/c1-2-3-4-5-6-7-8-9-10-11/h2-7H,8-10H2,1H3/b3-2+,5-4+,7-6+. The van der Waals surface area contributed by atoms with E-state index in [9.17, 15) is 0 Å². The van der Waals surface area contributed by atoms with Crippen molar-refractivity contribution in [2.75, 3.05) is 5.88 Å². The largest absolute Gasteiger partial charge is 0.127 e. The van der Waals surface area contributed by atoms with Crippen LogP contribution in [0.4, 0.5) is 0 Å². The Kier molecular flexibility index (Phi) is 9.09. The van der Waals surface area contributed by atoms with Gasteiger partial charge in [0.15, 0.2) is 0 Å². The van der Waals surface area contributed by atoms with Crippen LogP contribution in [0.1, 0.15) is 19.8 Å². The molecule has 0 unspecified atom stereocenters. The highest BCUT2D eigenvalue weighted by Crippen LogP contribution is 1.93. The monoisotopic (exact) mass is 170 g/mol. The second-order valence-electron chi connectivity index (χ2n) is 2.17. The van der Waals surface area contributed by atoms with Gasteiger partial charge < -0.3 is 0 Å². The Balaban J connectivity index is 3.28. The lowest BCUT2D eigenvalue weighted by atomic mass is 10.3. The average molecular weight is 171 g/mol. The summed E-state index contributed by atoms with van der Waals surface area (Å²) in [6, 6.07) is 0. The second kappa shape index (κ2) is 9.51. The zero-order valence-electron chi connectivity index (χ0n) is 6.96. The number of allylic oxidation sites excluding steroid dienone is 6. The van der Waals surface area contributed by atoms with Crippen molar-refractivity contribution in [1.29, 1.82) is 0 Å². The first-order valence-electron chi connectivity index (χ1n) is 3.92. The predicted molar refractivity (Wildman–Crippen MR) is 53.0 cm³/mol. The normalized spacial score (nSPS) is 12.5. The molecule has 0 atom stereocenters. The van der Waals surface area contributed by atoms with E-state index in [-0.39, 0.29) is 0 Å². The Hall–Kier alpha value is -0.490. The summed E-state index contributed by atoms with van der Waals surface area (Å²) in [5.74, 6) is 0.753. The van der Waals surface area contributed by atoms with Gasteiger partial charge in [-0.3, -0.25) is 0 Å². The maximum Gasteiger partial charge on any atom is 0.0226 e. The fraction of sp³-hybridized carbons (Fsp3) is 0.400. The first kappa shape index (κ1) is 10.5. The zero-order valence-corrected chi connectivity index (χ0v) is 7.72. The molecule has 0 radical (unpaired) electrons. The molecule has 0 bridgehead atoms. The number of halogens is 1. The van der Waals surface area contributed by atoms with E-state index in [2.05, 4.69) is 6.08 Å². The van der Waals surface area contributed by atoms with E-state index in [1.54, 1.807) is 0 Å². The maximum atomic E-state index is 5.50. The first-order chi connectivity index (χ1) is 5.41. The highest BCUT2D eigenvalue weighted by molar-refractivity contribution is 6.17. The maximum absolute atomic E-state index is 5.50. The van der Waals surface area contributed by atoms with E-state index in [0.29, 0.717) is 0 Å². The van der Waals surface area contributed by atoms with Crippen molar-refractivity contribution in [3.8, 4) is 0 Å². The van der Waals surface area contributed by atoms with Crippen molar-refractivity contribution in [3.05, 3.63) is 36.5 Å². The molecular formula is C10H15Cl. The van der Waals surface area contributed by atoms with E-state index < -0.39 is 0 Å². The summed E-state index contributed by atoms with van der Waals surface area (Å²) in [6.07, 6.45) is 14.4. The third-order valence-corrected chi connectivity index (χ3v) is 1.43. The van der Waals surface area contributed by atoms with E-state index in [1.807, 2.05) is 37.3 Å². The van der Waals surface area contributed by atoms with Gasteiger partial charge in [0.1, 0.15) is 0 Å². The molecule has 0 N–H and O–H groups in total. The quantitative estimate of drug-likeness (QED) is 0.335. The minimum absolute atomic E-state index is 0.753. The van der Waals surface area contributed by atoms with Crippen molar-refractivity contribution >= 4 is 11.6 Å². The van der Waals surface area contributed by atoms with Crippen LogP contribution in [0.25, 0.3) is 0 Å². The molecule has 0 aromatic rings. The summed E-state index contributed by atoms with van der Waals surface area (Å²) in [4.78, 5) is 0. The number of alkyl halides is 1. The van der Waals surface area contributed by atoms with Crippen LogP contribution in [0.5, 0.6) is 0 Å². The zero-order chi connectivity index (χ0) is 8.36. The first-order valence-corrected chi connectivity index (χ1v) is 4.45. The molecular weight excluding hydrogens is 156 g/mol. The van der Waals surface area contributed by atoms with Gasteiger partial charge in [0.2, 0.25) is 0 Å². The van der Waals surface area contributed by atoms with Crippen LogP contribution >= 0.6 is 11.6 Å². The molecule has 0 aliphatic heterocycles. The summed E-state index contributed by atoms with van der Waals surface area (Å²) >= 11 is 5.50. The van der Waals surface area contributed by atoms with Gasteiger partial charge in [-0.1, -0.05) is 36.5 Å². The fourth-order valence-electron chi connectivity index (χ4n) is 0.609. The molecule has 0 heterocycles. The summed E-state index contributed by atoms with van der Waals surface area (Å²) in [5, 5.41) is 0. The lowest BCUT2D eigenvalue weighted by Gasteiger charge is -1.83. The van der Waals surface area contributed by atoms with E-state index in [1.165, 1.54) is 0 Å². The van der Waals surface area contributed by atoms with Crippen molar-refractivity contribution in [2.45, 2.75) is 19.8 Å². The summed E-state index contributed by atoms with van der Waals surface area (Å²) < 4.78 is 0. The Bertz CT molecular complexity index is 143. The smallest absolute Gasteiger partial charge is 0.0226 e. The van der Waals surface area contributed by atoms with E-state index >= 15 is 0 Å². The van der Waals surface area contributed by atoms with Gasteiger partial charge in [0, 0.05) is 5.88 Å². The van der Waals surface area contributed by atoms with Crippen LogP contribution in [-0.4, -0.2) is 5.88 Å². The second-order valence-corrected chi connectivity index (χ2v) is 2.55.